The standard InChI is InChI=1S/C16H24N2O3/c1-13(17-16(19)12-20-2)15-11-18(8-9-21-15)10-14-6-4-3-5-7-14/h3-7,13,15H,8-12H2,1-2H3,(H,17,19)/t13-,15-/m1/s1. The van der Waals surface area contributed by atoms with E-state index in [1.54, 1.807) is 0 Å². The zero-order valence-corrected chi connectivity index (χ0v) is 12.7. The van der Waals surface area contributed by atoms with E-state index in [0.717, 1.165) is 19.6 Å². The Balaban J connectivity index is 1.84. The Hall–Kier alpha value is -1.43. The molecule has 2 atom stereocenters. The van der Waals surface area contributed by atoms with E-state index in [1.807, 2.05) is 13.0 Å². The van der Waals surface area contributed by atoms with Crippen molar-refractivity contribution in [3.8, 4) is 0 Å². The lowest BCUT2D eigenvalue weighted by Crippen LogP contribution is -2.52. The van der Waals surface area contributed by atoms with Gasteiger partial charge in [-0.05, 0) is 12.5 Å². The number of morpholine rings is 1. The quantitative estimate of drug-likeness (QED) is 0.851. The van der Waals surface area contributed by atoms with Gasteiger partial charge in [-0.25, -0.2) is 0 Å². The molecule has 1 amide bonds. The van der Waals surface area contributed by atoms with Gasteiger partial charge in [0.1, 0.15) is 6.61 Å². The first-order chi connectivity index (χ1) is 10.2. The predicted molar refractivity (Wildman–Crippen MR) is 80.9 cm³/mol. The van der Waals surface area contributed by atoms with Gasteiger partial charge in [-0.3, -0.25) is 9.69 Å². The maximum atomic E-state index is 11.6. The Morgan fingerprint density at radius 3 is 2.95 bits per heavy atom. The fourth-order valence-corrected chi connectivity index (χ4v) is 2.54. The fraction of sp³-hybridized carbons (Fsp3) is 0.562. The van der Waals surface area contributed by atoms with Crippen LogP contribution < -0.4 is 5.32 Å². The average molecular weight is 292 g/mol. The van der Waals surface area contributed by atoms with Crippen LogP contribution in [0.5, 0.6) is 0 Å². The molecule has 0 aliphatic carbocycles. The summed E-state index contributed by atoms with van der Waals surface area (Å²) >= 11 is 0. The molecule has 1 aliphatic rings. The van der Waals surface area contributed by atoms with Crippen LogP contribution in [0.2, 0.25) is 0 Å². The van der Waals surface area contributed by atoms with Crippen molar-refractivity contribution in [3.05, 3.63) is 35.9 Å². The Morgan fingerprint density at radius 2 is 2.24 bits per heavy atom. The van der Waals surface area contributed by atoms with E-state index < -0.39 is 0 Å². The van der Waals surface area contributed by atoms with Gasteiger partial charge in [0.25, 0.3) is 0 Å². The van der Waals surface area contributed by atoms with Crippen molar-refractivity contribution in [2.45, 2.75) is 25.6 Å². The van der Waals surface area contributed by atoms with Gasteiger partial charge in [0.15, 0.2) is 0 Å². The van der Waals surface area contributed by atoms with E-state index in [0.29, 0.717) is 6.61 Å². The SMILES string of the molecule is COCC(=O)N[C@H](C)[C@H]1CN(Cc2ccccc2)CCO1. The third-order valence-corrected chi connectivity index (χ3v) is 3.65. The highest BCUT2D eigenvalue weighted by Crippen LogP contribution is 2.12. The van der Waals surface area contributed by atoms with Crippen molar-refractivity contribution in [2.75, 3.05) is 33.4 Å². The van der Waals surface area contributed by atoms with Gasteiger partial charge >= 0.3 is 0 Å². The van der Waals surface area contributed by atoms with Crippen LogP contribution in [0.4, 0.5) is 0 Å². The molecule has 5 heteroatoms. The number of amides is 1. The highest BCUT2D eigenvalue weighted by Gasteiger charge is 2.26. The van der Waals surface area contributed by atoms with Crippen molar-refractivity contribution in [2.24, 2.45) is 0 Å². The number of nitrogens with one attached hydrogen (secondary N) is 1. The number of rotatable bonds is 6. The van der Waals surface area contributed by atoms with Crippen LogP contribution in [0.25, 0.3) is 0 Å². The maximum absolute atomic E-state index is 11.6. The number of carbonyl (C=O) groups excluding carboxylic acids is 1. The summed E-state index contributed by atoms with van der Waals surface area (Å²) in [6.45, 7) is 5.42. The Kier molecular flexibility index (Phi) is 6.17. The summed E-state index contributed by atoms with van der Waals surface area (Å²) in [6, 6.07) is 10.4. The first-order valence-corrected chi connectivity index (χ1v) is 7.35. The summed E-state index contributed by atoms with van der Waals surface area (Å²) in [5.41, 5.74) is 1.30. The largest absolute Gasteiger partial charge is 0.375 e. The van der Waals surface area contributed by atoms with Gasteiger partial charge in [0, 0.05) is 26.7 Å². The van der Waals surface area contributed by atoms with E-state index in [1.165, 1.54) is 12.7 Å². The summed E-state index contributed by atoms with van der Waals surface area (Å²) in [4.78, 5) is 13.9. The summed E-state index contributed by atoms with van der Waals surface area (Å²) in [7, 11) is 1.52. The van der Waals surface area contributed by atoms with Crippen LogP contribution in [0.3, 0.4) is 0 Å². The summed E-state index contributed by atoms with van der Waals surface area (Å²) in [5, 5.41) is 2.92. The molecule has 1 aromatic rings. The first kappa shape index (κ1) is 15.9. The van der Waals surface area contributed by atoms with Crippen LogP contribution in [0.15, 0.2) is 30.3 Å². The van der Waals surface area contributed by atoms with Gasteiger partial charge < -0.3 is 14.8 Å². The number of hydrogen-bond acceptors (Lipinski definition) is 4. The molecule has 0 radical (unpaired) electrons. The van der Waals surface area contributed by atoms with Crippen LogP contribution in [0, 0.1) is 0 Å². The smallest absolute Gasteiger partial charge is 0.246 e. The lowest BCUT2D eigenvalue weighted by Gasteiger charge is -2.36. The molecule has 0 bridgehead atoms. The number of ether oxygens (including phenoxy) is 2. The van der Waals surface area contributed by atoms with Gasteiger partial charge in [-0.1, -0.05) is 30.3 Å². The molecule has 1 fully saturated rings. The second kappa shape index (κ2) is 8.12. The number of methoxy groups -OCH3 is 1. The van der Waals surface area contributed by atoms with Crippen LogP contribution in [-0.4, -0.2) is 56.4 Å². The van der Waals surface area contributed by atoms with Gasteiger partial charge in [-0.2, -0.15) is 0 Å². The lowest BCUT2D eigenvalue weighted by atomic mass is 10.1. The minimum Gasteiger partial charge on any atom is -0.375 e. The van der Waals surface area contributed by atoms with Crippen molar-refractivity contribution in [1.82, 2.24) is 10.2 Å². The zero-order valence-electron chi connectivity index (χ0n) is 12.7. The second-order valence-electron chi connectivity index (χ2n) is 5.42. The average Bonchev–Trinajstić information content (AvgIpc) is 2.49. The molecule has 1 saturated heterocycles. The van der Waals surface area contributed by atoms with E-state index in [9.17, 15) is 4.79 Å². The summed E-state index contributed by atoms with van der Waals surface area (Å²) < 4.78 is 10.6. The molecule has 2 rings (SSSR count). The summed E-state index contributed by atoms with van der Waals surface area (Å²) in [6.07, 6.45) is 0.0169. The molecule has 1 heterocycles. The molecular formula is C16H24N2O3. The van der Waals surface area contributed by atoms with Crippen molar-refractivity contribution < 1.29 is 14.3 Å². The Morgan fingerprint density at radius 1 is 1.48 bits per heavy atom. The van der Waals surface area contributed by atoms with E-state index in [2.05, 4.69) is 34.5 Å². The molecule has 1 aromatic carbocycles. The van der Waals surface area contributed by atoms with E-state index in [-0.39, 0.29) is 24.7 Å². The van der Waals surface area contributed by atoms with E-state index >= 15 is 0 Å². The zero-order chi connectivity index (χ0) is 15.1. The van der Waals surface area contributed by atoms with Crippen molar-refractivity contribution in [1.29, 1.82) is 0 Å². The molecule has 0 saturated carbocycles. The maximum Gasteiger partial charge on any atom is 0.246 e. The van der Waals surface area contributed by atoms with Gasteiger partial charge in [-0.15, -0.1) is 0 Å². The number of hydrogen-bond donors (Lipinski definition) is 1. The minimum absolute atomic E-state index is 0.0169. The van der Waals surface area contributed by atoms with Crippen molar-refractivity contribution in [3.63, 3.8) is 0 Å². The van der Waals surface area contributed by atoms with Gasteiger partial charge in [0.2, 0.25) is 5.91 Å². The van der Waals surface area contributed by atoms with Crippen molar-refractivity contribution >= 4 is 5.91 Å². The summed E-state index contributed by atoms with van der Waals surface area (Å²) in [5.74, 6) is -0.103. The first-order valence-electron chi connectivity index (χ1n) is 7.35. The fourth-order valence-electron chi connectivity index (χ4n) is 2.54. The molecule has 5 nitrogen and oxygen atoms in total. The number of carbonyl (C=O) groups is 1. The topological polar surface area (TPSA) is 50.8 Å². The Labute approximate surface area is 126 Å². The van der Waals surface area contributed by atoms with Crippen LogP contribution >= 0.6 is 0 Å². The third kappa shape index (κ3) is 5.12. The van der Waals surface area contributed by atoms with Gasteiger partial charge in [0.05, 0.1) is 18.8 Å². The van der Waals surface area contributed by atoms with Crippen LogP contribution in [-0.2, 0) is 20.8 Å². The molecule has 0 aromatic heterocycles. The molecule has 116 valence electrons. The molecule has 1 N–H and O–H groups in total. The molecule has 0 unspecified atom stereocenters. The highest BCUT2D eigenvalue weighted by atomic mass is 16.5. The van der Waals surface area contributed by atoms with Crippen LogP contribution in [0.1, 0.15) is 12.5 Å². The lowest BCUT2D eigenvalue weighted by molar-refractivity contribution is -0.127. The predicted octanol–water partition coefficient (Wildman–Crippen LogP) is 1.04. The third-order valence-electron chi connectivity index (χ3n) is 3.65. The minimum atomic E-state index is -0.103. The molecule has 21 heavy (non-hydrogen) atoms. The molecule has 1 aliphatic heterocycles. The Bertz CT molecular complexity index is 438. The highest BCUT2D eigenvalue weighted by molar-refractivity contribution is 5.77. The number of benzene rings is 1. The van der Waals surface area contributed by atoms with E-state index in [4.69, 9.17) is 9.47 Å². The number of nitrogens with zero attached hydrogens (tertiary/aromatic N) is 1. The molecule has 0 spiro atoms. The second-order valence-corrected chi connectivity index (χ2v) is 5.42. The normalized spacial score (nSPS) is 21.0. The molecular weight excluding hydrogens is 268 g/mol. The monoisotopic (exact) mass is 292 g/mol.